The summed E-state index contributed by atoms with van der Waals surface area (Å²) in [5.41, 5.74) is 0. The van der Waals surface area contributed by atoms with Crippen molar-refractivity contribution < 1.29 is 17.6 Å². The second-order valence-corrected chi connectivity index (χ2v) is 6.69. The molecule has 7 nitrogen and oxygen atoms in total. The van der Waals surface area contributed by atoms with Gasteiger partial charge in [0, 0.05) is 12.1 Å². The smallest absolute Gasteiger partial charge is 0.287 e. The van der Waals surface area contributed by atoms with Gasteiger partial charge >= 0.3 is 0 Å². The van der Waals surface area contributed by atoms with Crippen molar-refractivity contribution in [2.75, 3.05) is 13.6 Å². The number of nitrogens with one attached hydrogen (secondary N) is 3. The molecule has 1 aliphatic heterocycles. The molecule has 1 saturated heterocycles. The third-order valence-electron chi connectivity index (χ3n) is 3.30. The predicted octanol–water partition coefficient (Wildman–Crippen LogP) is 0.480. The van der Waals surface area contributed by atoms with Crippen LogP contribution in [0.1, 0.15) is 30.3 Å². The number of carbonyl (C=O) groups excluding carboxylic acids is 1. The number of carbonyl (C=O) groups is 1. The molecule has 9 heteroatoms. The zero-order chi connectivity index (χ0) is 14.8. The van der Waals surface area contributed by atoms with Crippen molar-refractivity contribution in [1.82, 2.24) is 15.4 Å². The molecule has 1 aliphatic rings. The van der Waals surface area contributed by atoms with Gasteiger partial charge in [-0.2, -0.15) is 0 Å². The molecule has 1 fully saturated rings. The molecule has 0 bridgehead atoms. The van der Waals surface area contributed by atoms with E-state index in [0.29, 0.717) is 6.04 Å². The van der Waals surface area contributed by atoms with Crippen molar-refractivity contribution >= 4 is 28.3 Å². The normalized spacial score (nSPS) is 22.4. The van der Waals surface area contributed by atoms with Crippen LogP contribution in [0.5, 0.6) is 0 Å². The highest BCUT2D eigenvalue weighted by Crippen LogP contribution is 2.15. The largest absolute Gasteiger partial charge is 0.438 e. The number of piperidine rings is 1. The first-order chi connectivity index (χ1) is 9.42. The van der Waals surface area contributed by atoms with E-state index < -0.39 is 10.0 Å². The van der Waals surface area contributed by atoms with Gasteiger partial charge in [0.05, 0.1) is 0 Å². The minimum absolute atomic E-state index is 0. The molecule has 2 heterocycles. The average Bonchev–Trinajstić information content (AvgIpc) is 2.89. The molecule has 2 unspecified atom stereocenters. The number of halogens is 1. The maximum atomic E-state index is 12.0. The fourth-order valence-corrected chi connectivity index (χ4v) is 2.85. The van der Waals surface area contributed by atoms with Crippen LogP contribution in [0, 0.1) is 0 Å². The Morgan fingerprint density at radius 3 is 2.76 bits per heavy atom. The summed E-state index contributed by atoms with van der Waals surface area (Å²) in [5, 5.41) is 5.89. The molecule has 0 spiro atoms. The van der Waals surface area contributed by atoms with Crippen molar-refractivity contribution in [2.45, 2.75) is 36.9 Å². The molecule has 1 amide bonds. The van der Waals surface area contributed by atoms with Crippen LogP contribution in [0.2, 0.25) is 0 Å². The lowest BCUT2D eigenvalue weighted by molar-refractivity contribution is 0.0892. The highest BCUT2D eigenvalue weighted by atomic mass is 35.5. The van der Waals surface area contributed by atoms with Crippen LogP contribution in [-0.2, 0) is 10.0 Å². The Labute approximate surface area is 130 Å². The molecule has 2 atom stereocenters. The van der Waals surface area contributed by atoms with E-state index >= 15 is 0 Å². The van der Waals surface area contributed by atoms with E-state index in [-0.39, 0.29) is 35.2 Å². The van der Waals surface area contributed by atoms with Gasteiger partial charge < -0.3 is 15.1 Å². The maximum absolute atomic E-state index is 12.0. The molecular weight excluding hydrogens is 318 g/mol. The summed E-state index contributed by atoms with van der Waals surface area (Å²) in [5.74, 6) is -0.383. The van der Waals surface area contributed by atoms with Gasteiger partial charge in [-0.25, -0.2) is 13.1 Å². The summed E-state index contributed by atoms with van der Waals surface area (Å²) in [6.45, 7) is 2.91. The van der Waals surface area contributed by atoms with Gasteiger partial charge in [0.1, 0.15) is 0 Å². The van der Waals surface area contributed by atoms with Gasteiger partial charge in [-0.15, -0.1) is 12.4 Å². The van der Waals surface area contributed by atoms with Crippen molar-refractivity contribution in [3.63, 3.8) is 0 Å². The van der Waals surface area contributed by atoms with Gasteiger partial charge in [0.2, 0.25) is 5.09 Å². The monoisotopic (exact) mass is 337 g/mol. The number of hydrogen-bond donors (Lipinski definition) is 3. The molecular formula is C12H20ClN3O4S. The zero-order valence-corrected chi connectivity index (χ0v) is 13.5. The number of hydrogen-bond acceptors (Lipinski definition) is 5. The average molecular weight is 338 g/mol. The maximum Gasteiger partial charge on any atom is 0.287 e. The van der Waals surface area contributed by atoms with E-state index in [1.807, 2.05) is 0 Å². The first-order valence-electron chi connectivity index (χ1n) is 6.50. The highest BCUT2D eigenvalue weighted by molar-refractivity contribution is 7.89. The molecule has 1 aromatic rings. The Kier molecular flexibility index (Phi) is 6.21. The van der Waals surface area contributed by atoms with Gasteiger partial charge in [-0.1, -0.05) is 0 Å². The number of rotatable bonds is 4. The summed E-state index contributed by atoms with van der Waals surface area (Å²) in [7, 11) is -2.37. The first-order valence-corrected chi connectivity index (χ1v) is 7.98. The SMILES string of the molecule is CNS(=O)(=O)c1ccc(C(=O)NC2CCNC(C)C2)o1.Cl. The molecule has 3 N–H and O–H groups in total. The van der Waals surface area contributed by atoms with Crippen molar-refractivity contribution in [3.8, 4) is 0 Å². The number of sulfonamides is 1. The lowest BCUT2D eigenvalue weighted by Gasteiger charge is -2.28. The summed E-state index contributed by atoms with van der Waals surface area (Å²) in [6, 6.07) is 3.06. The zero-order valence-electron chi connectivity index (χ0n) is 11.9. The molecule has 21 heavy (non-hydrogen) atoms. The molecule has 0 saturated carbocycles. The van der Waals surface area contributed by atoms with E-state index in [1.54, 1.807) is 0 Å². The molecule has 0 aromatic carbocycles. The van der Waals surface area contributed by atoms with Gasteiger partial charge in [-0.3, -0.25) is 4.79 Å². The van der Waals surface area contributed by atoms with E-state index in [2.05, 4.69) is 22.3 Å². The van der Waals surface area contributed by atoms with Crippen LogP contribution in [0.15, 0.2) is 21.6 Å². The van der Waals surface area contributed by atoms with Crippen molar-refractivity contribution in [2.24, 2.45) is 0 Å². The molecule has 1 aromatic heterocycles. The fourth-order valence-electron chi connectivity index (χ4n) is 2.21. The number of furan rings is 1. The Hall–Kier alpha value is -1.09. The van der Waals surface area contributed by atoms with Gasteiger partial charge in [-0.05, 0) is 45.5 Å². The van der Waals surface area contributed by atoms with Crippen LogP contribution in [0.4, 0.5) is 0 Å². The van der Waals surface area contributed by atoms with Crippen LogP contribution in [-0.4, -0.2) is 40.0 Å². The van der Waals surface area contributed by atoms with Gasteiger partial charge in [0.15, 0.2) is 5.76 Å². The summed E-state index contributed by atoms with van der Waals surface area (Å²) >= 11 is 0. The molecule has 0 aliphatic carbocycles. The topological polar surface area (TPSA) is 100 Å². The highest BCUT2D eigenvalue weighted by Gasteiger charge is 2.23. The minimum Gasteiger partial charge on any atom is -0.438 e. The Morgan fingerprint density at radius 1 is 1.43 bits per heavy atom. The van der Waals surface area contributed by atoms with E-state index in [0.717, 1.165) is 19.4 Å². The molecule has 2 rings (SSSR count). The van der Waals surface area contributed by atoms with E-state index in [4.69, 9.17) is 4.42 Å². The predicted molar refractivity (Wildman–Crippen MR) is 80.2 cm³/mol. The summed E-state index contributed by atoms with van der Waals surface area (Å²) in [4.78, 5) is 12.0. The Morgan fingerprint density at radius 2 is 2.14 bits per heavy atom. The third kappa shape index (κ3) is 4.44. The van der Waals surface area contributed by atoms with E-state index in [9.17, 15) is 13.2 Å². The van der Waals surface area contributed by atoms with Crippen LogP contribution < -0.4 is 15.4 Å². The third-order valence-corrected chi connectivity index (χ3v) is 4.58. The standard InChI is InChI=1S/C12H19N3O4S.ClH/c1-8-7-9(5-6-14-8)15-12(16)10-3-4-11(19-10)20(17,18)13-2;/h3-4,8-9,13-14H,5-7H2,1-2H3,(H,15,16);1H. The second kappa shape index (κ2) is 7.26. The van der Waals surface area contributed by atoms with Crippen molar-refractivity contribution in [1.29, 1.82) is 0 Å². The Balaban J connectivity index is 0.00000220. The molecule has 120 valence electrons. The second-order valence-electron chi connectivity index (χ2n) is 4.88. The quantitative estimate of drug-likeness (QED) is 0.742. The minimum atomic E-state index is -3.66. The lowest BCUT2D eigenvalue weighted by Crippen LogP contribution is -2.46. The summed E-state index contributed by atoms with van der Waals surface area (Å²) < 4.78 is 30.3. The Bertz CT molecular complexity index is 587. The summed E-state index contributed by atoms with van der Waals surface area (Å²) in [6.07, 6.45) is 1.69. The lowest BCUT2D eigenvalue weighted by atomic mass is 10.0. The van der Waals surface area contributed by atoms with E-state index in [1.165, 1.54) is 19.2 Å². The van der Waals surface area contributed by atoms with Gasteiger partial charge in [0.25, 0.3) is 15.9 Å². The number of amides is 1. The van der Waals surface area contributed by atoms with Crippen LogP contribution in [0.3, 0.4) is 0 Å². The van der Waals surface area contributed by atoms with Crippen molar-refractivity contribution in [3.05, 3.63) is 17.9 Å². The molecule has 0 radical (unpaired) electrons. The van der Waals surface area contributed by atoms with Crippen LogP contribution in [0.25, 0.3) is 0 Å². The van der Waals surface area contributed by atoms with Crippen LogP contribution >= 0.6 is 12.4 Å². The fraction of sp³-hybridized carbons (Fsp3) is 0.583. The first kappa shape index (κ1) is 18.0.